The molecule has 0 aliphatic heterocycles. The van der Waals surface area contributed by atoms with E-state index in [0.717, 1.165) is 0 Å². The minimum Gasteiger partial charge on any atom is -0.327 e. The Hall–Kier alpha value is -1.04. The summed E-state index contributed by atoms with van der Waals surface area (Å²) in [6.45, 7) is 0. The molecule has 0 spiro atoms. The lowest BCUT2D eigenvalue weighted by molar-refractivity contribution is 0.571. The quantitative estimate of drug-likeness (QED) is 0.784. The summed E-state index contributed by atoms with van der Waals surface area (Å²) in [5.74, 6) is 2.20. The van der Waals surface area contributed by atoms with Crippen molar-refractivity contribution in [1.82, 2.24) is 0 Å². The highest BCUT2D eigenvalue weighted by Crippen LogP contribution is 2.20. The van der Waals surface area contributed by atoms with E-state index in [4.69, 9.17) is 23.8 Å². The van der Waals surface area contributed by atoms with Gasteiger partial charge in [0.15, 0.2) is 0 Å². The molecule has 0 amide bonds. The van der Waals surface area contributed by atoms with Crippen molar-refractivity contribution in [1.29, 1.82) is 0 Å². The Balaban J connectivity index is 2.68. The highest BCUT2D eigenvalue weighted by Gasteiger charge is 2.10. The summed E-state index contributed by atoms with van der Waals surface area (Å²) in [5.41, 5.74) is 6.28. The third-order valence-corrected chi connectivity index (χ3v) is 2.54. The van der Waals surface area contributed by atoms with Crippen LogP contribution in [0.25, 0.3) is 0 Å². The predicted molar refractivity (Wildman–Crippen MR) is 61.2 cm³/mol. The SMILES string of the molecule is C#CCCC(N)Cc1c(F)cccc1Cl. The molecule has 1 atom stereocenters. The van der Waals surface area contributed by atoms with Crippen molar-refractivity contribution in [3.05, 3.63) is 34.6 Å². The lowest BCUT2D eigenvalue weighted by Crippen LogP contribution is -2.23. The highest BCUT2D eigenvalue weighted by molar-refractivity contribution is 6.31. The molecule has 0 aliphatic rings. The second-order valence-corrected chi connectivity index (χ2v) is 3.81. The van der Waals surface area contributed by atoms with Crippen LogP contribution in [-0.2, 0) is 6.42 Å². The Labute approximate surface area is 94.4 Å². The summed E-state index contributed by atoms with van der Waals surface area (Å²) in [4.78, 5) is 0. The first-order valence-electron chi connectivity index (χ1n) is 4.77. The number of benzene rings is 1. The van der Waals surface area contributed by atoms with Crippen LogP contribution >= 0.6 is 11.6 Å². The van der Waals surface area contributed by atoms with Crippen LogP contribution < -0.4 is 5.73 Å². The minimum atomic E-state index is -0.307. The van der Waals surface area contributed by atoms with Gasteiger partial charge in [0.05, 0.1) is 0 Å². The van der Waals surface area contributed by atoms with Gasteiger partial charge >= 0.3 is 0 Å². The molecule has 1 aromatic rings. The third kappa shape index (κ3) is 3.54. The molecule has 2 N–H and O–H groups in total. The van der Waals surface area contributed by atoms with Crippen LogP contribution in [-0.4, -0.2) is 6.04 Å². The Morgan fingerprint density at radius 1 is 1.53 bits per heavy atom. The largest absolute Gasteiger partial charge is 0.327 e. The van der Waals surface area contributed by atoms with Crippen molar-refractivity contribution in [2.45, 2.75) is 25.3 Å². The summed E-state index contributed by atoms with van der Waals surface area (Å²) >= 11 is 5.87. The molecule has 0 aromatic heterocycles. The number of nitrogens with two attached hydrogens (primary N) is 1. The molecule has 0 fully saturated rings. The monoisotopic (exact) mass is 225 g/mol. The number of halogens is 2. The molecule has 0 heterocycles. The zero-order valence-electron chi connectivity index (χ0n) is 8.34. The maximum atomic E-state index is 13.4. The van der Waals surface area contributed by atoms with Crippen molar-refractivity contribution in [2.75, 3.05) is 0 Å². The van der Waals surface area contributed by atoms with E-state index in [9.17, 15) is 4.39 Å². The average molecular weight is 226 g/mol. The van der Waals surface area contributed by atoms with Gasteiger partial charge in [-0.3, -0.25) is 0 Å². The van der Waals surface area contributed by atoms with E-state index in [0.29, 0.717) is 29.8 Å². The Morgan fingerprint density at radius 2 is 2.27 bits per heavy atom. The standard InChI is InChI=1S/C12H13ClFN/c1-2-3-5-9(15)8-10-11(13)6-4-7-12(10)14/h1,4,6-7,9H,3,5,8,15H2. The zero-order chi connectivity index (χ0) is 11.3. The van der Waals surface area contributed by atoms with Gasteiger partial charge in [-0.1, -0.05) is 17.7 Å². The smallest absolute Gasteiger partial charge is 0.127 e. The molecule has 15 heavy (non-hydrogen) atoms. The second kappa shape index (κ2) is 5.75. The van der Waals surface area contributed by atoms with E-state index in [1.807, 2.05) is 0 Å². The van der Waals surface area contributed by atoms with Crippen LogP contribution in [0.2, 0.25) is 5.02 Å². The summed E-state index contributed by atoms with van der Waals surface area (Å²) in [6.07, 6.45) is 6.83. The van der Waals surface area contributed by atoms with E-state index in [-0.39, 0.29) is 11.9 Å². The van der Waals surface area contributed by atoms with Gasteiger partial charge in [0.2, 0.25) is 0 Å². The number of terminal acetylenes is 1. The Kier molecular flexibility index (Phi) is 4.61. The van der Waals surface area contributed by atoms with Crippen LogP contribution in [0.5, 0.6) is 0 Å². The molecule has 1 aromatic carbocycles. The average Bonchev–Trinajstić information content (AvgIpc) is 2.21. The van der Waals surface area contributed by atoms with Gasteiger partial charge in [0.1, 0.15) is 5.82 Å². The molecule has 1 unspecified atom stereocenters. The van der Waals surface area contributed by atoms with Crippen LogP contribution in [0.1, 0.15) is 18.4 Å². The van der Waals surface area contributed by atoms with E-state index in [2.05, 4.69) is 5.92 Å². The normalized spacial score (nSPS) is 12.1. The van der Waals surface area contributed by atoms with Gasteiger partial charge in [0, 0.05) is 23.0 Å². The maximum Gasteiger partial charge on any atom is 0.127 e. The van der Waals surface area contributed by atoms with Crippen molar-refractivity contribution < 1.29 is 4.39 Å². The number of hydrogen-bond acceptors (Lipinski definition) is 1. The first kappa shape index (κ1) is 12.0. The molecular formula is C12H13ClFN. The molecule has 0 saturated heterocycles. The maximum absolute atomic E-state index is 13.4. The molecule has 0 aliphatic carbocycles. The van der Waals surface area contributed by atoms with E-state index in [1.165, 1.54) is 6.07 Å². The molecule has 0 saturated carbocycles. The van der Waals surface area contributed by atoms with Gasteiger partial charge in [-0.15, -0.1) is 12.3 Å². The van der Waals surface area contributed by atoms with Gasteiger partial charge in [-0.2, -0.15) is 0 Å². The summed E-state index contributed by atoms with van der Waals surface area (Å²) in [7, 11) is 0. The van der Waals surface area contributed by atoms with Crippen molar-refractivity contribution in [3.8, 4) is 12.3 Å². The fourth-order valence-electron chi connectivity index (χ4n) is 1.36. The van der Waals surface area contributed by atoms with E-state index < -0.39 is 0 Å². The van der Waals surface area contributed by atoms with Crippen LogP contribution in [0, 0.1) is 18.2 Å². The number of hydrogen-bond donors (Lipinski definition) is 1. The summed E-state index contributed by atoms with van der Waals surface area (Å²) in [5, 5.41) is 0.422. The van der Waals surface area contributed by atoms with Gasteiger partial charge in [-0.05, 0) is 25.0 Å². The second-order valence-electron chi connectivity index (χ2n) is 3.41. The van der Waals surface area contributed by atoms with Crippen molar-refractivity contribution in [2.24, 2.45) is 5.73 Å². The van der Waals surface area contributed by atoms with Crippen molar-refractivity contribution >= 4 is 11.6 Å². The lowest BCUT2D eigenvalue weighted by atomic mass is 10.0. The van der Waals surface area contributed by atoms with Gasteiger partial charge in [-0.25, -0.2) is 4.39 Å². The van der Waals surface area contributed by atoms with Crippen LogP contribution in [0.3, 0.4) is 0 Å². The molecule has 0 radical (unpaired) electrons. The summed E-state index contributed by atoms with van der Waals surface area (Å²) in [6, 6.07) is 4.48. The van der Waals surface area contributed by atoms with Gasteiger partial charge in [0.25, 0.3) is 0 Å². The topological polar surface area (TPSA) is 26.0 Å². The van der Waals surface area contributed by atoms with Crippen molar-refractivity contribution in [3.63, 3.8) is 0 Å². The van der Waals surface area contributed by atoms with Crippen LogP contribution in [0.15, 0.2) is 18.2 Å². The third-order valence-electron chi connectivity index (χ3n) is 2.19. The van der Waals surface area contributed by atoms with E-state index >= 15 is 0 Å². The highest BCUT2D eigenvalue weighted by atomic mass is 35.5. The van der Waals surface area contributed by atoms with Crippen LogP contribution in [0.4, 0.5) is 4.39 Å². The Bertz CT molecular complexity index is 350. The van der Waals surface area contributed by atoms with Gasteiger partial charge < -0.3 is 5.73 Å². The zero-order valence-corrected chi connectivity index (χ0v) is 9.10. The molecule has 0 bridgehead atoms. The molecule has 80 valence electrons. The first-order chi connectivity index (χ1) is 7.15. The molecule has 3 heteroatoms. The molecule has 1 rings (SSSR count). The first-order valence-corrected chi connectivity index (χ1v) is 5.15. The fourth-order valence-corrected chi connectivity index (χ4v) is 1.60. The summed E-state index contributed by atoms with van der Waals surface area (Å²) < 4.78 is 13.4. The lowest BCUT2D eigenvalue weighted by Gasteiger charge is -2.11. The molecular weight excluding hydrogens is 213 g/mol. The predicted octanol–water partition coefficient (Wildman–Crippen LogP) is 2.76. The minimum absolute atomic E-state index is 0.143. The van der Waals surface area contributed by atoms with E-state index in [1.54, 1.807) is 12.1 Å². The Morgan fingerprint density at radius 3 is 2.87 bits per heavy atom. The molecule has 1 nitrogen and oxygen atoms in total. The fraction of sp³-hybridized carbons (Fsp3) is 0.333. The number of rotatable bonds is 4.